The number of benzene rings is 1. The maximum absolute atomic E-state index is 13.8. The van der Waals surface area contributed by atoms with Crippen LogP contribution in [0, 0.1) is 5.92 Å². The van der Waals surface area contributed by atoms with Crippen LogP contribution in [0.4, 0.5) is 0 Å². The van der Waals surface area contributed by atoms with E-state index in [4.69, 9.17) is 4.74 Å². The highest BCUT2D eigenvalue weighted by molar-refractivity contribution is 5.96. The minimum atomic E-state index is 0.238. The smallest absolute Gasteiger partial charge is 0.254 e. The zero-order chi connectivity index (χ0) is 22.2. The van der Waals surface area contributed by atoms with Crippen molar-refractivity contribution in [3.05, 3.63) is 65.5 Å². The van der Waals surface area contributed by atoms with Gasteiger partial charge in [0, 0.05) is 55.1 Å². The summed E-state index contributed by atoms with van der Waals surface area (Å²) in [5.41, 5.74) is 4.39. The number of aromatic amines is 1. The van der Waals surface area contributed by atoms with Crippen LogP contribution >= 0.6 is 0 Å². The Kier molecular flexibility index (Phi) is 5.64. The normalized spacial score (nSPS) is 25.6. The molecule has 33 heavy (non-hydrogen) atoms. The fraction of sp³-hybridized carbons (Fsp3) is 0.481. The number of ether oxygens (including phenoxy) is 1. The summed E-state index contributed by atoms with van der Waals surface area (Å²) in [6.07, 6.45) is 9.42. The molecule has 3 fully saturated rings. The van der Waals surface area contributed by atoms with Crippen molar-refractivity contribution in [2.24, 2.45) is 5.92 Å². The van der Waals surface area contributed by atoms with Gasteiger partial charge in [0.1, 0.15) is 5.65 Å². The first-order valence-corrected chi connectivity index (χ1v) is 12.4. The van der Waals surface area contributed by atoms with Crippen LogP contribution in [-0.2, 0) is 17.7 Å². The average Bonchev–Trinajstić information content (AvgIpc) is 3.43. The first-order valence-electron chi connectivity index (χ1n) is 12.4. The van der Waals surface area contributed by atoms with E-state index < -0.39 is 0 Å². The molecule has 0 aliphatic carbocycles. The monoisotopic (exact) mass is 444 g/mol. The quantitative estimate of drug-likeness (QED) is 0.646. The van der Waals surface area contributed by atoms with Crippen molar-refractivity contribution in [3.8, 4) is 0 Å². The molecule has 6 heteroatoms. The minimum Gasteiger partial charge on any atom is -0.379 e. The van der Waals surface area contributed by atoms with Gasteiger partial charge in [-0.3, -0.25) is 9.69 Å². The average molecular weight is 445 g/mol. The van der Waals surface area contributed by atoms with Gasteiger partial charge in [0.15, 0.2) is 0 Å². The van der Waals surface area contributed by atoms with Crippen molar-refractivity contribution in [1.82, 2.24) is 19.8 Å². The molecule has 2 bridgehead atoms. The van der Waals surface area contributed by atoms with Crippen molar-refractivity contribution < 1.29 is 9.53 Å². The van der Waals surface area contributed by atoms with Crippen LogP contribution in [0.3, 0.4) is 0 Å². The zero-order valence-electron chi connectivity index (χ0n) is 19.1. The predicted octanol–water partition coefficient (Wildman–Crippen LogP) is 4.02. The van der Waals surface area contributed by atoms with Gasteiger partial charge in [-0.15, -0.1) is 0 Å². The third kappa shape index (κ3) is 4.06. The van der Waals surface area contributed by atoms with Crippen LogP contribution < -0.4 is 0 Å². The Bertz CT molecular complexity index is 1120. The molecule has 6 nitrogen and oxygen atoms in total. The Morgan fingerprint density at radius 1 is 1.03 bits per heavy atom. The molecule has 0 saturated carbocycles. The molecule has 3 aliphatic rings. The van der Waals surface area contributed by atoms with Crippen LogP contribution in [0.2, 0.25) is 0 Å². The summed E-state index contributed by atoms with van der Waals surface area (Å²) in [7, 11) is 0. The van der Waals surface area contributed by atoms with Crippen LogP contribution in [0.15, 0.2) is 48.8 Å². The standard InChI is InChI=1S/C27H32N4O2/c32-27(25-4-2-1-3-21(25)18-30-11-13-33-14-12-30)31-22-5-6-23(31)17-19(16-22)15-20-7-9-28-26-24(20)8-10-29-26/h1-4,7-10,19,22-23H,5-6,11-18H2,(H,28,29)/t22-,23-/m0/s1. The Morgan fingerprint density at radius 3 is 2.64 bits per heavy atom. The largest absolute Gasteiger partial charge is 0.379 e. The summed E-state index contributed by atoms with van der Waals surface area (Å²) >= 11 is 0. The molecule has 1 amide bonds. The lowest BCUT2D eigenvalue weighted by Crippen LogP contribution is -2.47. The number of nitrogens with zero attached hydrogens (tertiary/aromatic N) is 3. The summed E-state index contributed by atoms with van der Waals surface area (Å²) in [6.45, 7) is 4.25. The van der Waals surface area contributed by atoms with E-state index in [9.17, 15) is 4.79 Å². The third-order valence-corrected chi connectivity index (χ3v) is 7.87. The Morgan fingerprint density at radius 2 is 1.82 bits per heavy atom. The Labute approximate surface area is 194 Å². The first-order chi connectivity index (χ1) is 16.3. The molecule has 0 spiro atoms. The van der Waals surface area contributed by atoms with Crippen LogP contribution in [0.1, 0.15) is 47.2 Å². The highest BCUT2D eigenvalue weighted by Gasteiger charge is 2.43. The number of hydrogen-bond donors (Lipinski definition) is 1. The van der Waals surface area contributed by atoms with Crippen LogP contribution in [0.5, 0.6) is 0 Å². The SMILES string of the molecule is O=C(c1ccccc1CN1CCOCC1)N1[C@H]2CC[C@H]1CC(Cc1ccnc3[nH]ccc13)C2. The van der Waals surface area contributed by atoms with E-state index in [1.807, 2.05) is 24.5 Å². The van der Waals surface area contributed by atoms with Gasteiger partial charge in [0.25, 0.3) is 5.91 Å². The molecule has 3 aromatic rings. The van der Waals surface area contributed by atoms with Crippen molar-refractivity contribution in [1.29, 1.82) is 0 Å². The number of morpholine rings is 1. The van der Waals surface area contributed by atoms with Gasteiger partial charge in [-0.2, -0.15) is 0 Å². The van der Waals surface area contributed by atoms with Crippen molar-refractivity contribution >= 4 is 16.9 Å². The van der Waals surface area contributed by atoms with Gasteiger partial charge in [0.2, 0.25) is 0 Å². The van der Waals surface area contributed by atoms with Gasteiger partial charge in [-0.05, 0) is 67.3 Å². The molecular weight excluding hydrogens is 412 g/mol. The van der Waals surface area contributed by atoms with E-state index in [-0.39, 0.29) is 5.91 Å². The van der Waals surface area contributed by atoms with Crippen molar-refractivity contribution in [2.75, 3.05) is 26.3 Å². The fourth-order valence-corrected chi connectivity index (χ4v) is 6.30. The van der Waals surface area contributed by atoms with E-state index in [0.717, 1.165) is 81.7 Å². The number of hydrogen-bond acceptors (Lipinski definition) is 4. The van der Waals surface area contributed by atoms with Gasteiger partial charge in [-0.1, -0.05) is 18.2 Å². The first kappa shape index (κ1) is 20.9. The molecule has 1 N–H and O–H groups in total. The lowest BCUT2D eigenvalue weighted by molar-refractivity contribution is 0.0337. The molecule has 2 aromatic heterocycles. The number of fused-ring (bicyclic) bond motifs is 3. The molecule has 1 aromatic carbocycles. The van der Waals surface area contributed by atoms with Gasteiger partial charge in [-0.25, -0.2) is 4.98 Å². The van der Waals surface area contributed by atoms with Crippen LogP contribution in [-0.4, -0.2) is 64.1 Å². The number of carbonyl (C=O) groups excluding carboxylic acids is 1. The second-order valence-corrected chi connectivity index (χ2v) is 9.89. The summed E-state index contributed by atoms with van der Waals surface area (Å²) in [4.78, 5) is 26.1. The molecule has 3 aliphatic heterocycles. The van der Waals surface area contributed by atoms with Gasteiger partial charge in [0.05, 0.1) is 13.2 Å². The molecule has 0 radical (unpaired) electrons. The molecule has 172 valence electrons. The van der Waals surface area contributed by atoms with Gasteiger partial charge >= 0.3 is 0 Å². The molecular formula is C27H32N4O2. The van der Waals surface area contributed by atoms with E-state index >= 15 is 0 Å². The third-order valence-electron chi connectivity index (χ3n) is 7.87. The van der Waals surface area contributed by atoms with Crippen LogP contribution in [0.25, 0.3) is 11.0 Å². The van der Waals surface area contributed by atoms with E-state index in [1.54, 1.807) is 0 Å². The minimum absolute atomic E-state index is 0.238. The maximum Gasteiger partial charge on any atom is 0.254 e. The number of carbonyl (C=O) groups is 1. The second-order valence-electron chi connectivity index (χ2n) is 9.89. The lowest BCUT2D eigenvalue weighted by Gasteiger charge is -2.39. The predicted molar refractivity (Wildman–Crippen MR) is 128 cm³/mol. The van der Waals surface area contributed by atoms with Crippen molar-refractivity contribution in [2.45, 2.75) is 50.7 Å². The Hall–Kier alpha value is -2.70. The molecule has 3 saturated heterocycles. The summed E-state index contributed by atoms with van der Waals surface area (Å²) in [5.74, 6) is 0.859. The van der Waals surface area contributed by atoms with E-state index in [1.165, 1.54) is 10.9 Å². The maximum atomic E-state index is 13.8. The number of pyridine rings is 1. The topological polar surface area (TPSA) is 61.5 Å². The molecule has 6 rings (SSSR count). The molecule has 5 heterocycles. The number of nitrogens with one attached hydrogen (secondary N) is 1. The molecule has 0 unspecified atom stereocenters. The highest BCUT2D eigenvalue weighted by Crippen LogP contribution is 2.41. The number of rotatable bonds is 5. The Balaban J connectivity index is 1.18. The summed E-state index contributed by atoms with van der Waals surface area (Å²) in [5, 5.41) is 1.24. The van der Waals surface area contributed by atoms with Crippen molar-refractivity contribution in [3.63, 3.8) is 0 Å². The molecule has 2 atom stereocenters. The number of aromatic nitrogens is 2. The number of amides is 1. The van der Waals surface area contributed by atoms with E-state index in [2.05, 4.69) is 44.0 Å². The zero-order valence-corrected chi connectivity index (χ0v) is 19.1. The van der Waals surface area contributed by atoms with E-state index in [0.29, 0.717) is 18.0 Å². The number of H-pyrrole nitrogens is 1. The van der Waals surface area contributed by atoms with Gasteiger partial charge < -0.3 is 14.6 Å². The fourth-order valence-electron chi connectivity index (χ4n) is 6.30. The second kappa shape index (κ2) is 8.92. The lowest BCUT2D eigenvalue weighted by atomic mass is 9.85. The number of piperidine rings is 1. The summed E-state index contributed by atoms with van der Waals surface area (Å²) in [6, 6.07) is 13.3. The summed E-state index contributed by atoms with van der Waals surface area (Å²) < 4.78 is 5.50. The highest BCUT2D eigenvalue weighted by atomic mass is 16.5.